The summed E-state index contributed by atoms with van der Waals surface area (Å²) in [5, 5.41) is 19.1. The number of aliphatic hydroxyl groups excluding tert-OH is 1. The average Bonchev–Trinajstić information content (AvgIpc) is 2.59. The highest BCUT2D eigenvalue weighted by molar-refractivity contribution is 5.97. The lowest BCUT2D eigenvalue weighted by atomic mass is 9.57. The summed E-state index contributed by atoms with van der Waals surface area (Å²) in [5.74, 6) is 6.02. The van der Waals surface area contributed by atoms with Crippen molar-refractivity contribution in [3.63, 3.8) is 0 Å². The van der Waals surface area contributed by atoms with E-state index in [9.17, 15) is 14.7 Å². The van der Waals surface area contributed by atoms with Crippen molar-refractivity contribution < 1.29 is 19.8 Å². The van der Waals surface area contributed by atoms with Gasteiger partial charge in [-0.3, -0.25) is 9.59 Å². The quantitative estimate of drug-likeness (QED) is 0.466. The van der Waals surface area contributed by atoms with Gasteiger partial charge in [-0.05, 0) is 56.3 Å². The van der Waals surface area contributed by atoms with E-state index < -0.39 is 12.1 Å². The normalized spacial score (nSPS) is 33.7. The number of hydrogen-bond acceptors (Lipinski definition) is 3. The lowest BCUT2D eigenvalue weighted by Gasteiger charge is -2.48. The van der Waals surface area contributed by atoms with Gasteiger partial charge < -0.3 is 10.2 Å². The maximum Gasteiger partial charge on any atom is 0.303 e. The summed E-state index contributed by atoms with van der Waals surface area (Å²) in [4.78, 5) is 22.9. The number of ketones is 1. The van der Waals surface area contributed by atoms with Crippen molar-refractivity contribution in [2.75, 3.05) is 0 Å². The van der Waals surface area contributed by atoms with Crippen LogP contribution in [0.15, 0.2) is 11.6 Å². The molecule has 0 bridgehead atoms. The number of carboxylic acid groups (broad SMARTS) is 1. The molecule has 3 aliphatic carbocycles. The van der Waals surface area contributed by atoms with Crippen LogP contribution in [0.3, 0.4) is 0 Å². The zero-order valence-electron chi connectivity index (χ0n) is 14.7. The molecule has 4 heteroatoms. The Labute approximate surface area is 149 Å². The van der Waals surface area contributed by atoms with Crippen LogP contribution < -0.4 is 0 Å². The van der Waals surface area contributed by atoms with E-state index in [0.717, 1.165) is 38.5 Å². The number of carboxylic acids is 1. The maximum atomic E-state index is 12.3. The van der Waals surface area contributed by atoms with Gasteiger partial charge in [0.1, 0.15) is 0 Å². The van der Waals surface area contributed by atoms with E-state index in [1.54, 1.807) is 0 Å². The SMILES string of the molecule is O=C(O)CC/C=C1\C[C@@H]2[C@@H](C#CC(=O)C3CCCCC3)[C@H](O)CC[C@H]12. The number of allylic oxidation sites excluding steroid dienone is 2. The van der Waals surface area contributed by atoms with E-state index in [2.05, 4.69) is 17.9 Å². The maximum absolute atomic E-state index is 12.3. The van der Waals surface area contributed by atoms with E-state index in [1.807, 2.05) is 0 Å². The Bertz CT molecular complexity index is 603. The highest BCUT2D eigenvalue weighted by Gasteiger charge is 2.46. The molecule has 25 heavy (non-hydrogen) atoms. The lowest BCUT2D eigenvalue weighted by molar-refractivity contribution is -0.136. The molecule has 0 saturated heterocycles. The molecular weight excluding hydrogens is 316 g/mol. The first-order chi connectivity index (χ1) is 12.1. The zero-order valence-corrected chi connectivity index (χ0v) is 14.7. The molecule has 0 heterocycles. The van der Waals surface area contributed by atoms with Crippen LogP contribution in [0.5, 0.6) is 0 Å². The topological polar surface area (TPSA) is 74.6 Å². The number of aliphatic hydroxyl groups is 1. The van der Waals surface area contributed by atoms with Gasteiger partial charge in [-0.1, -0.05) is 36.8 Å². The molecule has 2 N–H and O–H groups in total. The minimum absolute atomic E-state index is 0.0607. The summed E-state index contributed by atoms with van der Waals surface area (Å²) in [6, 6.07) is 0. The van der Waals surface area contributed by atoms with Gasteiger partial charge in [0.05, 0.1) is 12.0 Å². The third-order valence-electron chi connectivity index (χ3n) is 6.22. The summed E-state index contributed by atoms with van der Waals surface area (Å²) in [5.41, 5.74) is 1.32. The first-order valence-corrected chi connectivity index (χ1v) is 9.70. The molecule has 3 fully saturated rings. The smallest absolute Gasteiger partial charge is 0.303 e. The van der Waals surface area contributed by atoms with Crippen LogP contribution in [-0.4, -0.2) is 28.1 Å². The van der Waals surface area contributed by atoms with E-state index in [0.29, 0.717) is 24.7 Å². The Balaban J connectivity index is 1.59. The number of hydrogen-bond donors (Lipinski definition) is 2. The lowest BCUT2D eigenvalue weighted by Crippen LogP contribution is -2.44. The van der Waals surface area contributed by atoms with Crippen molar-refractivity contribution in [1.82, 2.24) is 0 Å². The van der Waals surface area contributed by atoms with Gasteiger partial charge >= 0.3 is 5.97 Å². The molecule has 0 amide bonds. The summed E-state index contributed by atoms with van der Waals surface area (Å²) in [7, 11) is 0. The summed E-state index contributed by atoms with van der Waals surface area (Å²) in [6.07, 6.45) is 10.3. The van der Waals surface area contributed by atoms with Crippen molar-refractivity contribution in [2.45, 2.75) is 70.3 Å². The molecule has 4 nitrogen and oxygen atoms in total. The van der Waals surface area contributed by atoms with Crippen LogP contribution in [0.25, 0.3) is 0 Å². The fraction of sp³-hybridized carbons (Fsp3) is 0.714. The van der Waals surface area contributed by atoms with E-state index in [-0.39, 0.29) is 24.0 Å². The van der Waals surface area contributed by atoms with E-state index >= 15 is 0 Å². The number of rotatable bonds is 4. The highest BCUT2D eigenvalue weighted by atomic mass is 16.4. The molecule has 136 valence electrons. The van der Waals surface area contributed by atoms with Gasteiger partial charge in [-0.15, -0.1) is 0 Å². The average molecular weight is 344 g/mol. The van der Waals surface area contributed by atoms with Crippen molar-refractivity contribution in [1.29, 1.82) is 0 Å². The standard InChI is InChI=1S/C21H28O4/c22-19(14-5-2-1-3-6-14)11-10-17-18-13-15(7-4-8-21(24)25)16(18)9-12-20(17)23/h7,14,16-18,20,23H,1-6,8-9,12-13H2,(H,24,25)/b15-7+/t16-,17-,18+,20-/m1/s1. The molecule has 0 unspecified atom stereocenters. The number of carbonyl (C=O) groups is 2. The second-order valence-corrected chi connectivity index (χ2v) is 7.82. The Morgan fingerprint density at radius 3 is 2.60 bits per heavy atom. The predicted molar refractivity (Wildman–Crippen MR) is 94.6 cm³/mol. The molecule has 0 spiro atoms. The van der Waals surface area contributed by atoms with Gasteiger partial charge in [-0.2, -0.15) is 0 Å². The molecular formula is C21H28O4. The fourth-order valence-corrected chi connectivity index (χ4v) is 4.71. The minimum atomic E-state index is -0.767. The molecule has 0 aromatic carbocycles. The molecule has 0 aromatic rings. The Kier molecular flexibility index (Phi) is 5.96. The van der Waals surface area contributed by atoms with E-state index in [4.69, 9.17) is 5.11 Å². The number of Topliss-reactive ketones (excluding diaryl/α,β-unsaturated/α-hetero) is 1. The van der Waals surface area contributed by atoms with Crippen LogP contribution in [0.2, 0.25) is 0 Å². The van der Waals surface area contributed by atoms with Crippen LogP contribution in [-0.2, 0) is 9.59 Å². The van der Waals surface area contributed by atoms with Gasteiger partial charge in [0, 0.05) is 12.3 Å². The largest absolute Gasteiger partial charge is 0.481 e. The Morgan fingerprint density at radius 1 is 1.12 bits per heavy atom. The first kappa shape index (κ1) is 18.2. The molecule has 4 atom stereocenters. The van der Waals surface area contributed by atoms with Gasteiger partial charge in [0.15, 0.2) is 0 Å². The summed E-state index contributed by atoms with van der Waals surface area (Å²) in [6.45, 7) is 0. The zero-order chi connectivity index (χ0) is 17.8. The van der Waals surface area contributed by atoms with Gasteiger partial charge in [0.2, 0.25) is 5.78 Å². The molecule has 3 aliphatic rings. The van der Waals surface area contributed by atoms with Gasteiger partial charge in [-0.25, -0.2) is 0 Å². The molecule has 3 rings (SSSR count). The van der Waals surface area contributed by atoms with E-state index in [1.165, 1.54) is 12.0 Å². The van der Waals surface area contributed by atoms with Crippen molar-refractivity contribution in [3.05, 3.63) is 11.6 Å². The number of aliphatic carboxylic acids is 1. The van der Waals surface area contributed by atoms with Crippen molar-refractivity contribution >= 4 is 11.8 Å². The van der Waals surface area contributed by atoms with Crippen molar-refractivity contribution in [3.8, 4) is 11.8 Å². The van der Waals surface area contributed by atoms with Crippen LogP contribution >= 0.6 is 0 Å². The second kappa shape index (κ2) is 8.19. The van der Waals surface area contributed by atoms with Gasteiger partial charge in [0.25, 0.3) is 0 Å². The van der Waals surface area contributed by atoms with Crippen LogP contribution in [0, 0.1) is 35.5 Å². The third kappa shape index (κ3) is 4.33. The molecule has 3 saturated carbocycles. The van der Waals surface area contributed by atoms with Crippen molar-refractivity contribution in [2.24, 2.45) is 23.7 Å². The summed E-state index contributed by atoms with van der Waals surface area (Å²) < 4.78 is 0. The minimum Gasteiger partial charge on any atom is -0.481 e. The second-order valence-electron chi connectivity index (χ2n) is 7.82. The predicted octanol–water partition coefficient (Wildman–Crippen LogP) is 3.34. The highest BCUT2D eigenvalue weighted by Crippen LogP contribution is 2.51. The molecule has 0 aliphatic heterocycles. The Hall–Kier alpha value is -1.60. The molecule has 0 aromatic heterocycles. The third-order valence-corrected chi connectivity index (χ3v) is 6.22. The van der Waals surface area contributed by atoms with Crippen LogP contribution in [0.1, 0.15) is 64.2 Å². The van der Waals surface area contributed by atoms with Crippen LogP contribution in [0.4, 0.5) is 0 Å². The number of carbonyl (C=O) groups excluding carboxylic acids is 1. The first-order valence-electron chi connectivity index (χ1n) is 9.70. The Morgan fingerprint density at radius 2 is 1.88 bits per heavy atom. The number of fused-ring (bicyclic) bond motifs is 1. The summed E-state index contributed by atoms with van der Waals surface area (Å²) >= 11 is 0. The molecule has 0 radical (unpaired) electrons. The monoisotopic (exact) mass is 344 g/mol. The fourth-order valence-electron chi connectivity index (χ4n) is 4.71.